The third kappa shape index (κ3) is 3.55. The van der Waals surface area contributed by atoms with Crippen molar-refractivity contribution in [1.29, 1.82) is 0 Å². The van der Waals surface area contributed by atoms with E-state index in [2.05, 4.69) is 4.90 Å². The molecule has 20 heavy (non-hydrogen) atoms. The van der Waals surface area contributed by atoms with Crippen molar-refractivity contribution in [2.75, 3.05) is 43.6 Å². The second kappa shape index (κ2) is 8.32. The maximum absolute atomic E-state index is 12.3. The number of halogens is 2. The first-order chi connectivity index (χ1) is 8.69. The van der Waals surface area contributed by atoms with Gasteiger partial charge in [-0.05, 0) is 12.1 Å². The van der Waals surface area contributed by atoms with Crippen LogP contribution in [-0.4, -0.2) is 45.8 Å². The Labute approximate surface area is 131 Å². The maximum Gasteiger partial charge on any atom is 0.257 e. The average molecular weight is 322 g/mol. The molecule has 0 fully saturated rings. The summed E-state index contributed by atoms with van der Waals surface area (Å²) in [5.41, 5.74) is 7.54. The highest BCUT2D eigenvalue weighted by Gasteiger charge is 2.29. The fraction of sp³-hybridized carbons (Fsp3) is 0.462. The lowest BCUT2D eigenvalue weighted by Gasteiger charge is -2.36. The summed E-state index contributed by atoms with van der Waals surface area (Å²) in [6, 6.07) is 7.87. The summed E-state index contributed by atoms with van der Waals surface area (Å²) < 4.78 is 5.13. The lowest BCUT2D eigenvalue weighted by atomic mass is 10.1. The average Bonchev–Trinajstić information content (AvgIpc) is 2.41. The number of carbonyl (C=O) groups excluding carboxylic acids is 1. The SMILES string of the molecule is COC(CN)C(=O)N1CCN(C)c2ccccc21.Cl.Cl. The van der Waals surface area contributed by atoms with E-state index >= 15 is 0 Å². The number of amides is 1. The van der Waals surface area contributed by atoms with E-state index in [1.165, 1.54) is 7.11 Å². The Kier molecular flexibility index (Phi) is 7.90. The molecule has 1 atom stereocenters. The van der Waals surface area contributed by atoms with E-state index in [-0.39, 0.29) is 37.3 Å². The van der Waals surface area contributed by atoms with Gasteiger partial charge in [0.15, 0.2) is 0 Å². The van der Waals surface area contributed by atoms with Gasteiger partial charge in [-0.2, -0.15) is 0 Å². The van der Waals surface area contributed by atoms with Crippen molar-refractivity contribution in [1.82, 2.24) is 0 Å². The van der Waals surface area contributed by atoms with Crippen LogP contribution in [0.5, 0.6) is 0 Å². The summed E-state index contributed by atoms with van der Waals surface area (Å²) >= 11 is 0. The van der Waals surface area contributed by atoms with Gasteiger partial charge in [-0.3, -0.25) is 4.79 Å². The highest BCUT2D eigenvalue weighted by molar-refractivity contribution is 6.00. The van der Waals surface area contributed by atoms with Crippen molar-refractivity contribution in [3.8, 4) is 0 Å². The summed E-state index contributed by atoms with van der Waals surface area (Å²) in [7, 11) is 3.54. The van der Waals surface area contributed by atoms with E-state index in [0.29, 0.717) is 6.54 Å². The van der Waals surface area contributed by atoms with Crippen molar-refractivity contribution in [3.05, 3.63) is 24.3 Å². The Morgan fingerprint density at radius 2 is 1.90 bits per heavy atom. The molecule has 1 aromatic rings. The standard InChI is InChI=1S/C13H19N3O2.2ClH/c1-15-7-8-16(13(17)12(9-14)18-2)11-6-4-3-5-10(11)15;;/h3-6,12H,7-9,14H2,1-2H3;2*1H. The third-order valence-corrected chi connectivity index (χ3v) is 3.28. The molecule has 1 aromatic carbocycles. The molecule has 7 heteroatoms. The number of rotatable bonds is 3. The zero-order valence-corrected chi connectivity index (χ0v) is 13.2. The van der Waals surface area contributed by atoms with Crippen LogP contribution in [0.3, 0.4) is 0 Å². The smallest absolute Gasteiger partial charge is 0.257 e. The molecule has 1 amide bonds. The molecule has 0 spiro atoms. The maximum atomic E-state index is 12.3. The van der Waals surface area contributed by atoms with E-state index in [1.807, 2.05) is 31.3 Å². The molecule has 0 radical (unpaired) electrons. The lowest BCUT2D eigenvalue weighted by molar-refractivity contribution is -0.127. The lowest BCUT2D eigenvalue weighted by Crippen LogP contribution is -2.49. The summed E-state index contributed by atoms with van der Waals surface area (Å²) in [4.78, 5) is 16.2. The molecule has 0 saturated carbocycles. The molecule has 1 heterocycles. The van der Waals surface area contributed by atoms with Crippen LogP contribution in [0.15, 0.2) is 24.3 Å². The Morgan fingerprint density at radius 3 is 2.45 bits per heavy atom. The molecule has 114 valence electrons. The molecule has 0 saturated heterocycles. The van der Waals surface area contributed by atoms with Crippen LogP contribution in [0.2, 0.25) is 0 Å². The van der Waals surface area contributed by atoms with Gasteiger partial charge in [0, 0.05) is 33.8 Å². The van der Waals surface area contributed by atoms with Crippen LogP contribution in [0, 0.1) is 0 Å². The highest BCUT2D eigenvalue weighted by Crippen LogP contribution is 2.32. The Hall–Kier alpha value is -1.01. The van der Waals surface area contributed by atoms with Crippen molar-refractivity contribution in [2.45, 2.75) is 6.10 Å². The van der Waals surface area contributed by atoms with Gasteiger partial charge in [0.25, 0.3) is 5.91 Å². The van der Waals surface area contributed by atoms with Crippen molar-refractivity contribution in [2.24, 2.45) is 5.73 Å². The number of nitrogens with zero attached hydrogens (tertiary/aromatic N) is 2. The molecule has 5 nitrogen and oxygen atoms in total. The fourth-order valence-electron chi connectivity index (χ4n) is 2.21. The number of hydrogen-bond donors (Lipinski definition) is 1. The largest absolute Gasteiger partial charge is 0.371 e. The van der Waals surface area contributed by atoms with Crippen molar-refractivity contribution >= 4 is 42.1 Å². The predicted molar refractivity (Wildman–Crippen MR) is 86.4 cm³/mol. The number of likely N-dealkylation sites (N-methyl/N-ethyl adjacent to an activating group) is 1. The van der Waals surface area contributed by atoms with Crippen LogP contribution in [0.25, 0.3) is 0 Å². The number of hydrogen-bond acceptors (Lipinski definition) is 4. The Balaban J connectivity index is 0.00000180. The van der Waals surface area contributed by atoms with E-state index in [9.17, 15) is 4.79 Å². The second-order valence-electron chi connectivity index (χ2n) is 4.36. The zero-order chi connectivity index (χ0) is 13.1. The van der Waals surface area contributed by atoms with E-state index in [1.54, 1.807) is 4.90 Å². The molecule has 2 N–H and O–H groups in total. The van der Waals surface area contributed by atoms with Crippen LogP contribution in [0.1, 0.15) is 0 Å². The number of benzene rings is 1. The summed E-state index contributed by atoms with van der Waals surface area (Å²) in [5, 5.41) is 0. The predicted octanol–water partition coefficient (Wildman–Crippen LogP) is 1.29. The number of ether oxygens (including phenoxy) is 1. The minimum absolute atomic E-state index is 0. The third-order valence-electron chi connectivity index (χ3n) is 3.28. The number of fused-ring (bicyclic) bond motifs is 1. The molecule has 0 aromatic heterocycles. The quantitative estimate of drug-likeness (QED) is 0.911. The van der Waals surface area contributed by atoms with Crippen LogP contribution in [-0.2, 0) is 9.53 Å². The summed E-state index contributed by atoms with van der Waals surface area (Å²) in [6.45, 7) is 1.67. The first kappa shape index (κ1) is 19.0. The highest BCUT2D eigenvalue weighted by atomic mass is 35.5. The molecule has 1 aliphatic heterocycles. The summed E-state index contributed by atoms with van der Waals surface area (Å²) in [5.74, 6) is -0.0689. The van der Waals surface area contributed by atoms with Gasteiger partial charge < -0.3 is 20.3 Å². The number of nitrogens with two attached hydrogens (primary N) is 1. The van der Waals surface area contributed by atoms with Crippen LogP contribution in [0.4, 0.5) is 11.4 Å². The van der Waals surface area contributed by atoms with E-state index < -0.39 is 6.10 Å². The van der Waals surface area contributed by atoms with Crippen molar-refractivity contribution in [3.63, 3.8) is 0 Å². The number of methoxy groups -OCH3 is 1. The first-order valence-corrected chi connectivity index (χ1v) is 6.03. The van der Waals surface area contributed by atoms with E-state index in [0.717, 1.165) is 17.9 Å². The minimum atomic E-state index is -0.568. The monoisotopic (exact) mass is 321 g/mol. The van der Waals surface area contributed by atoms with Gasteiger partial charge >= 0.3 is 0 Å². The fourth-order valence-corrected chi connectivity index (χ4v) is 2.21. The van der Waals surface area contributed by atoms with Gasteiger partial charge in [0.1, 0.15) is 6.10 Å². The molecular weight excluding hydrogens is 301 g/mol. The zero-order valence-electron chi connectivity index (χ0n) is 11.6. The molecule has 0 aliphatic carbocycles. The molecule has 1 aliphatic rings. The van der Waals surface area contributed by atoms with Gasteiger partial charge in [0.05, 0.1) is 11.4 Å². The Bertz CT molecular complexity index is 441. The second-order valence-corrected chi connectivity index (χ2v) is 4.36. The summed E-state index contributed by atoms with van der Waals surface area (Å²) in [6.07, 6.45) is -0.568. The molecular formula is C13H21Cl2N3O2. The number of para-hydroxylation sites is 2. The van der Waals surface area contributed by atoms with Crippen LogP contribution < -0.4 is 15.5 Å². The molecule has 1 unspecified atom stereocenters. The van der Waals surface area contributed by atoms with Crippen LogP contribution >= 0.6 is 24.8 Å². The topological polar surface area (TPSA) is 58.8 Å². The first-order valence-electron chi connectivity index (χ1n) is 6.03. The number of anilines is 2. The molecule has 2 rings (SSSR count). The van der Waals surface area contributed by atoms with Crippen molar-refractivity contribution < 1.29 is 9.53 Å². The van der Waals surface area contributed by atoms with Gasteiger partial charge in [-0.25, -0.2) is 0 Å². The van der Waals surface area contributed by atoms with Gasteiger partial charge in [-0.15, -0.1) is 24.8 Å². The normalized spacial score (nSPS) is 14.8. The molecule has 0 bridgehead atoms. The van der Waals surface area contributed by atoms with Gasteiger partial charge in [0.2, 0.25) is 0 Å². The van der Waals surface area contributed by atoms with E-state index in [4.69, 9.17) is 10.5 Å². The van der Waals surface area contributed by atoms with Gasteiger partial charge in [-0.1, -0.05) is 12.1 Å². The number of carbonyl (C=O) groups is 1. The minimum Gasteiger partial charge on any atom is -0.371 e. The Morgan fingerprint density at radius 1 is 1.30 bits per heavy atom.